The molecule has 2 heterocycles. The van der Waals surface area contributed by atoms with Crippen LogP contribution in [0.2, 0.25) is 0 Å². The van der Waals surface area contributed by atoms with Crippen molar-refractivity contribution in [3.63, 3.8) is 0 Å². The fourth-order valence-corrected chi connectivity index (χ4v) is 3.90. The van der Waals surface area contributed by atoms with Crippen LogP contribution in [0.4, 0.5) is 5.69 Å². The molecule has 0 radical (unpaired) electrons. The first-order chi connectivity index (χ1) is 14.2. The summed E-state index contributed by atoms with van der Waals surface area (Å²) >= 11 is 0. The number of hydrogen-bond donors (Lipinski definition) is 1. The number of aryl methyl sites for hydroxylation is 2. The van der Waals surface area contributed by atoms with Crippen LogP contribution in [0.5, 0.6) is 5.75 Å². The molecule has 5 rings (SSSR count). The van der Waals surface area contributed by atoms with Gasteiger partial charge in [-0.25, -0.2) is 4.68 Å². The van der Waals surface area contributed by atoms with Crippen molar-refractivity contribution in [2.45, 2.75) is 26.6 Å². The lowest BCUT2D eigenvalue weighted by atomic mass is 10.0. The highest BCUT2D eigenvalue weighted by atomic mass is 16.5. The first-order valence-corrected chi connectivity index (χ1v) is 9.88. The lowest BCUT2D eigenvalue weighted by molar-refractivity contribution is 0.306. The summed E-state index contributed by atoms with van der Waals surface area (Å²) in [5, 5.41) is 8.45. The molecule has 4 nitrogen and oxygen atoms in total. The van der Waals surface area contributed by atoms with Gasteiger partial charge >= 0.3 is 0 Å². The first kappa shape index (κ1) is 17.6. The van der Waals surface area contributed by atoms with Gasteiger partial charge in [0.15, 0.2) is 0 Å². The molecule has 0 bridgehead atoms. The number of para-hydroxylation sites is 1. The number of ether oxygens (including phenoxy) is 1. The predicted octanol–water partition coefficient (Wildman–Crippen LogP) is 5.72. The highest BCUT2D eigenvalue weighted by Gasteiger charge is 2.27. The van der Waals surface area contributed by atoms with E-state index >= 15 is 0 Å². The zero-order chi connectivity index (χ0) is 19.8. The van der Waals surface area contributed by atoms with Crippen LogP contribution >= 0.6 is 0 Å². The summed E-state index contributed by atoms with van der Waals surface area (Å²) in [6.45, 7) is 4.75. The number of nitrogens with one attached hydrogen (secondary N) is 1. The highest BCUT2D eigenvalue weighted by molar-refractivity contribution is 5.81. The molecule has 29 heavy (non-hydrogen) atoms. The van der Waals surface area contributed by atoms with Crippen molar-refractivity contribution in [2.24, 2.45) is 0 Å². The standard InChI is InChI=1S/C25H23N3O/c1-17-7-6-10-22-23-15-18(2)27-28(23)25(26-24(17)22)20-11-13-21(14-12-20)29-16-19-8-4-3-5-9-19/h3-15,25-26H,16H2,1-2H3. The molecule has 1 aromatic heterocycles. The Morgan fingerprint density at radius 3 is 2.52 bits per heavy atom. The fraction of sp³-hybridized carbons (Fsp3) is 0.160. The number of aromatic nitrogens is 2. The monoisotopic (exact) mass is 381 g/mol. The number of anilines is 1. The molecular weight excluding hydrogens is 358 g/mol. The molecule has 1 atom stereocenters. The summed E-state index contributed by atoms with van der Waals surface area (Å²) in [7, 11) is 0. The largest absolute Gasteiger partial charge is 0.489 e. The van der Waals surface area contributed by atoms with Crippen LogP contribution in [-0.4, -0.2) is 9.78 Å². The van der Waals surface area contributed by atoms with E-state index in [1.165, 1.54) is 16.8 Å². The summed E-state index contributed by atoms with van der Waals surface area (Å²) in [6, 6.07) is 27.0. The van der Waals surface area contributed by atoms with Crippen molar-refractivity contribution < 1.29 is 4.74 Å². The van der Waals surface area contributed by atoms with Crippen molar-refractivity contribution in [1.82, 2.24) is 9.78 Å². The number of nitrogens with zero attached hydrogens (tertiary/aromatic N) is 2. The van der Waals surface area contributed by atoms with Gasteiger partial charge in [-0.1, -0.05) is 60.7 Å². The molecule has 0 saturated carbocycles. The molecule has 0 saturated heterocycles. The maximum atomic E-state index is 5.94. The van der Waals surface area contributed by atoms with Gasteiger partial charge in [-0.05, 0) is 48.7 Å². The third-order valence-electron chi connectivity index (χ3n) is 5.38. The van der Waals surface area contributed by atoms with Crippen LogP contribution in [0.15, 0.2) is 78.9 Å². The van der Waals surface area contributed by atoms with Crippen molar-refractivity contribution in [3.05, 3.63) is 101 Å². The van der Waals surface area contributed by atoms with E-state index in [-0.39, 0.29) is 6.17 Å². The molecule has 0 spiro atoms. The topological polar surface area (TPSA) is 39.1 Å². The smallest absolute Gasteiger partial charge is 0.147 e. The Bertz CT molecular complexity index is 1150. The zero-order valence-corrected chi connectivity index (χ0v) is 16.6. The quantitative estimate of drug-likeness (QED) is 0.491. The minimum Gasteiger partial charge on any atom is -0.489 e. The Morgan fingerprint density at radius 1 is 0.931 bits per heavy atom. The van der Waals surface area contributed by atoms with Gasteiger partial charge in [-0.15, -0.1) is 0 Å². The second-order valence-electron chi connectivity index (χ2n) is 7.50. The summed E-state index contributed by atoms with van der Waals surface area (Å²) in [5.74, 6) is 0.863. The molecule has 144 valence electrons. The Labute approximate surface area is 170 Å². The van der Waals surface area contributed by atoms with Crippen LogP contribution in [0.3, 0.4) is 0 Å². The van der Waals surface area contributed by atoms with E-state index in [0.717, 1.165) is 28.3 Å². The molecule has 1 unspecified atom stereocenters. The molecule has 1 aliphatic heterocycles. The second kappa shape index (κ2) is 7.13. The lowest BCUT2D eigenvalue weighted by Crippen LogP contribution is -2.26. The summed E-state index contributed by atoms with van der Waals surface area (Å²) < 4.78 is 8.02. The van der Waals surface area contributed by atoms with E-state index in [1.54, 1.807) is 0 Å². The second-order valence-corrected chi connectivity index (χ2v) is 7.50. The molecule has 3 aromatic carbocycles. The fourth-order valence-electron chi connectivity index (χ4n) is 3.90. The average Bonchev–Trinajstić information content (AvgIpc) is 3.15. The molecule has 0 fully saturated rings. The molecule has 4 aromatic rings. The Morgan fingerprint density at radius 2 is 1.72 bits per heavy atom. The van der Waals surface area contributed by atoms with Crippen LogP contribution in [0.25, 0.3) is 11.3 Å². The van der Waals surface area contributed by atoms with Crippen molar-refractivity contribution >= 4 is 5.69 Å². The van der Waals surface area contributed by atoms with Gasteiger partial charge in [0.1, 0.15) is 18.5 Å². The summed E-state index contributed by atoms with van der Waals surface area (Å²) in [5.41, 5.74) is 8.09. The Kier molecular flexibility index (Phi) is 4.32. The third-order valence-corrected chi connectivity index (χ3v) is 5.38. The molecular formula is C25H23N3O. The summed E-state index contributed by atoms with van der Waals surface area (Å²) in [4.78, 5) is 0. The summed E-state index contributed by atoms with van der Waals surface area (Å²) in [6.07, 6.45) is -0.0459. The zero-order valence-electron chi connectivity index (χ0n) is 16.6. The lowest BCUT2D eigenvalue weighted by Gasteiger charge is -2.30. The van der Waals surface area contributed by atoms with Gasteiger partial charge in [-0.3, -0.25) is 0 Å². The van der Waals surface area contributed by atoms with E-state index in [9.17, 15) is 0 Å². The minimum absolute atomic E-state index is 0.0459. The van der Waals surface area contributed by atoms with Gasteiger partial charge in [0, 0.05) is 11.3 Å². The van der Waals surface area contributed by atoms with Gasteiger partial charge < -0.3 is 10.1 Å². The van der Waals surface area contributed by atoms with E-state index in [1.807, 2.05) is 37.3 Å². The van der Waals surface area contributed by atoms with E-state index < -0.39 is 0 Å². The first-order valence-electron chi connectivity index (χ1n) is 9.88. The SMILES string of the molecule is Cc1cc2n(n1)C(c1ccc(OCc3ccccc3)cc1)Nc1c(C)cccc1-2. The number of rotatable bonds is 4. The van der Waals surface area contributed by atoms with Gasteiger partial charge in [0.25, 0.3) is 0 Å². The molecule has 1 N–H and O–H groups in total. The van der Waals surface area contributed by atoms with Crippen LogP contribution in [0.1, 0.15) is 28.6 Å². The van der Waals surface area contributed by atoms with E-state index in [2.05, 4.69) is 65.5 Å². The molecule has 0 aliphatic carbocycles. The average molecular weight is 381 g/mol. The van der Waals surface area contributed by atoms with E-state index in [0.29, 0.717) is 6.61 Å². The maximum Gasteiger partial charge on any atom is 0.147 e. The molecule has 0 amide bonds. The van der Waals surface area contributed by atoms with Crippen molar-refractivity contribution in [2.75, 3.05) is 5.32 Å². The van der Waals surface area contributed by atoms with Crippen LogP contribution in [0, 0.1) is 13.8 Å². The van der Waals surface area contributed by atoms with Crippen LogP contribution < -0.4 is 10.1 Å². The molecule has 1 aliphatic rings. The van der Waals surface area contributed by atoms with Crippen molar-refractivity contribution in [3.8, 4) is 17.0 Å². The number of benzene rings is 3. The predicted molar refractivity (Wildman–Crippen MR) is 116 cm³/mol. The maximum absolute atomic E-state index is 5.94. The minimum atomic E-state index is -0.0459. The Hall–Kier alpha value is -3.53. The third kappa shape index (κ3) is 3.27. The number of fused-ring (bicyclic) bond motifs is 3. The van der Waals surface area contributed by atoms with E-state index in [4.69, 9.17) is 9.84 Å². The van der Waals surface area contributed by atoms with Crippen LogP contribution in [-0.2, 0) is 6.61 Å². The molecule has 4 heteroatoms. The Balaban J connectivity index is 1.43. The van der Waals surface area contributed by atoms with Crippen molar-refractivity contribution in [1.29, 1.82) is 0 Å². The van der Waals surface area contributed by atoms with Gasteiger partial charge in [0.2, 0.25) is 0 Å². The van der Waals surface area contributed by atoms with Gasteiger partial charge in [-0.2, -0.15) is 5.10 Å². The number of hydrogen-bond acceptors (Lipinski definition) is 3. The van der Waals surface area contributed by atoms with Gasteiger partial charge in [0.05, 0.1) is 11.4 Å². The highest BCUT2D eigenvalue weighted by Crippen LogP contribution is 2.40. The normalized spacial score (nSPS) is 14.6.